The summed E-state index contributed by atoms with van der Waals surface area (Å²) in [5.41, 5.74) is 1.15. The van der Waals surface area contributed by atoms with Crippen LogP contribution in [0.1, 0.15) is 29.8 Å². The van der Waals surface area contributed by atoms with Gasteiger partial charge in [-0.3, -0.25) is 4.79 Å². The van der Waals surface area contributed by atoms with Crippen LogP contribution in [-0.2, 0) is 0 Å². The molecular formula is C14H14O3. The highest BCUT2D eigenvalue weighted by Crippen LogP contribution is 2.18. The van der Waals surface area contributed by atoms with Crippen molar-refractivity contribution < 1.29 is 13.9 Å². The minimum Gasteiger partial charge on any atom is -0.491 e. The molecule has 0 atom stereocenters. The van der Waals surface area contributed by atoms with Crippen molar-refractivity contribution in [1.29, 1.82) is 0 Å². The molecule has 0 bridgehead atoms. The minimum absolute atomic E-state index is 0.0621. The Balaban J connectivity index is 2.24. The van der Waals surface area contributed by atoms with Gasteiger partial charge in [0.2, 0.25) is 0 Å². The summed E-state index contributed by atoms with van der Waals surface area (Å²) >= 11 is 0. The summed E-state index contributed by atoms with van der Waals surface area (Å²) in [6.07, 6.45) is 3.02. The van der Waals surface area contributed by atoms with Gasteiger partial charge in [0.15, 0.2) is 5.78 Å². The van der Waals surface area contributed by atoms with Crippen LogP contribution >= 0.6 is 0 Å². The Hall–Kier alpha value is -2.03. The third kappa shape index (κ3) is 2.75. The highest BCUT2D eigenvalue weighted by molar-refractivity contribution is 6.08. The predicted molar refractivity (Wildman–Crippen MR) is 64.3 cm³/mol. The van der Waals surface area contributed by atoms with Crippen molar-refractivity contribution in [2.45, 2.75) is 20.0 Å². The summed E-state index contributed by atoms with van der Waals surface area (Å²) in [5.74, 6) is 0.641. The van der Waals surface area contributed by atoms with Gasteiger partial charge in [0.1, 0.15) is 12.0 Å². The Labute approximate surface area is 100 Å². The molecule has 0 N–H and O–H groups in total. The maximum atomic E-state index is 12.0. The first-order chi connectivity index (χ1) is 8.16. The molecule has 0 saturated carbocycles. The van der Waals surface area contributed by atoms with Crippen molar-refractivity contribution in [3.05, 3.63) is 54.0 Å². The van der Waals surface area contributed by atoms with Crippen LogP contribution in [0.25, 0.3) is 0 Å². The monoisotopic (exact) mass is 230 g/mol. The molecule has 0 fully saturated rings. The summed E-state index contributed by atoms with van der Waals surface area (Å²) in [6, 6.07) is 8.81. The highest BCUT2D eigenvalue weighted by atomic mass is 16.5. The SMILES string of the molecule is CC(C)Oc1cccc(C(=O)c2ccoc2)c1. The van der Waals surface area contributed by atoms with Gasteiger partial charge in [-0.2, -0.15) is 0 Å². The second kappa shape index (κ2) is 4.87. The lowest BCUT2D eigenvalue weighted by Crippen LogP contribution is -2.06. The summed E-state index contributed by atoms with van der Waals surface area (Å²) in [6.45, 7) is 3.90. The van der Waals surface area contributed by atoms with Crippen LogP contribution in [0.4, 0.5) is 0 Å². The summed E-state index contributed by atoms with van der Waals surface area (Å²) in [4.78, 5) is 12.0. The molecule has 0 aliphatic heterocycles. The van der Waals surface area contributed by atoms with Gasteiger partial charge in [0, 0.05) is 5.56 Å². The Kier molecular flexibility index (Phi) is 3.28. The molecule has 17 heavy (non-hydrogen) atoms. The lowest BCUT2D eigenvalue weighted by Gasteiger charge is -2.10. The summed E-state index contributed by atoms with van der Waals surface area (Å²) in [7, 11) is 0. The van der Waals surface area contributed by atoms with Gasteiger partial charge in [0.25, 0.3) is 0 Å². The fraction of sp³-hybridized carbons (Fsp3) is 0.214. The third-order valence-electron chi connectivity index (χ3n) is 2.25. The molecule has 1 aromatic carbocycles. The van der Waals surface area contributed by atoms with E-state index < -0.39 is 0 Å². The number of ketones is 1. The zero-order chi connectivity index (χ0) is 12.3. The van der Waals surface area contributed by atoms with E-state index in [0.29, 0.717) is 16.9 Å². The maximum Gasteiger partial charge on any atom is 0.196 e. The Morgan fingerprint density at radius 1 is 1.24 bits per heavy atom. The molecule has 3 nitrogen and oxygen atoms in total. The molecule has 2 aromatic rings. The lowest BCUT2D eigenvalue weighted by molar-refractivity contribution is 0.103. The maximum absolute atomic E-state index is 12.0. The van der Waals surface area contributed by atoms with E-state index in [-0.39, 0.29) is 11.9 Å². The van der Waals surface area contributed by atoms with Gasteiger partial charge in [-0.15, -0.1) is 0 Å². The summed E-state index contributed by atoms with van der Waals surface area (Å²) in [5, 5.41) is 0. The average Bonchev–Trinajstić information content (AvgIpc) is 2.81. The zero-order valence-electron chi connectivity index (χ0n) is 9.84. The van der Waals surface area contributed by atoms with Gasteiger partial charge >= 0.3 is 0 Å². The number of rotatable bonds is 4. The molecule has 0 spiro atoms. The second-order valence-electron chi connectivity index (χ2n) is 4.04. The average molecular weight is 230 g/mol. The molecule has 1 aromatic heterocycles. The number of furan rings is 1. The molecule has 88 valence electrons. The lowest BCUT2D eigenvalue weighted by atomic mass is 10.1. The largest absolute Gasteiger partial charge is 0.491 e. The number of hydrogen-bond acceptors (Lipinski definition) is 3. The van der Waals surface area contributed by atoms with Crippen molar-refractivity contribution in [2.24, 2.45) is 0 Å². The van der Waals surface area contributed by atoms with Crippen LogP contribution in [0.5, 0.6) is 5.75 Å². The van der Waals surface area contributed by atoms with Crippen molar-refractivity contribution >= 4 is 5.78 Å². The molecule has 0 amide bonds. The molecule has 3 heteroatoms. The molecule has 0 saturated heterocycles. The van der Waals surface area contributed by atoms with E-state index in [2.05, 4.69) is 0 Å². The Morgan fingerprint density at radius 3 is 2.71 bits per heavy atom. The van der Waals surface area contributed by atoms with E-state index in [0.717, 1.165) is 0 Å². The number of hydrogen-bond donors (Lipinski definition) is 0. The van der Waals surface area contributed by atoms with Crippen molar-refractivity contribution in [3.63, 3.8) is 0 Å². The minimum atomic E-state index is -0.0621. The molecule has 1 heterocycles. The van der Waals surface area contributed by atoms with E-state index in [1.54, 1.807) is 18.2 Å². The van der Waals surface area contributed by atoms with E-state index in [1.807, 2.05) is 26.0 Å². The number of carbonyl (C=O) groups is 1. The molecule has 0 aliphatic rings. The van der Waals surface area contributed by atoms with Crippen molar-refractivity contribution in [1.82, 2.24) is 0 Å². The van der Waals surface area contributed by atoms with E-state index >= 15 is 0 Å². The molecule has 0 radical (unpaired) electrons. The zero-order valence-corrected chi connectivity index (χ0v) is 9.84. The van der Waals surface area contributed by atoms with Crippen LogP contribution in [-0.4, -0.2) is 11.9 Å². The standard InChI is InChI=1S/C14H14O3/c1-10(2)17-13-5-3-4-11(8-13)14(15)12-6-7-16-9-12/h3-10H,1-2H3. The normalized spacial score (nSPS) is 10.5. The van der Waals surface area contributed by atoms with Crippen LogP contribution in [0.2, 0.25) is 0 Å². The predicted octanol–water partition coefficient (Wildman–Crippen LogP) is 3.30. The van der Waals surface area contributed by atoms with Crippen LogP contribution < -0.4 is 4.74 Å². The van der Waals surface area contributed by atoms with Gasteiger partial charge < -0.3 is 9.15 Å². The molecule has 2 rings (SSSR count). The Bertz CT molecular complexity index is 498. The first kappa shape index (κ1) is 11.5. The van der Waals surface area contributed by atoms with E-state index in [9.17, 15) is 4.79 Å². The van der Waals surface area contributed by atoms with Crippen LogP contribution in [0.3, 0.4) is 0 Å². The van der Waals surface area contributed by atoms with Gasteiger partial charge in [-0.05, 0) is 32.0 Å². The fourth-order valence-electron chi connectivity index (χ4n) is 1.54. The first-order valence-corrected chi connectivity index (χ1v) is 5.50. The number of benzene rings is 1. The topological polar surface area (TPSA) is 39.4 Å². The Morgan fingerprint density at radius 2 is 2.06 bits per heavy atom. The fourth-order valence-corrected chi connectivity index (χ4v) is 1.54. The van der Waals surface area contributed by atoms with Crippen LogP contribution in [0, 0.1) is 0 Å². The first-order valence-electron chi connectivity index (χ1n) is 5.50. The van der Waals surface area contributed by atoms with Gasteiger partial charge in [0.05, 0.1) is 17.9 Å². The van der Waals surface area contributed by atoms with Gasteiger partial charge in [-0.1, -0.05) is 12.1 Å². The third-order valence-corrected chi connectivity index (χ3v) is 2.25. The van der Waals surface area contributed by atoms with E-state index in [4.69, 9.17) is 9.15 Å². The van der Waals surface area contributed by atoms with Crippen molar-refractivity contribution in [2.75, 3.05) is 0 Å². The highest BCUT2D eigenvalue weighted by Gasteiger charge is 2.11. The van der Waals surface area contributed by atoms with Gasteiger partial charge in [-0.25, -0.2) is 0 Å². The molecule has 0 unspecified atom stereocenters. The van der Waals surface area contributed by atoms with Crippen LogP contribution in [0.15, 0.2) is 47.3 Å². The number of carbonyl (C=O) groups excluding carboxylic acids is 1. The second-order valence-corrected chi connectivity index (χ2v) is 4.04. The summed E-state index contributed by atoms with van der Waals surface area (Å²) < 4.78 is 10.4. The molecule has 0 aliphatic carbocycles. The van der Waals surface area contributed by atoms with E-state index in [1.165, 1.54) is 12.5 Å². The number of ether oxygens (including phenoxy) is 1. The smallest absolute Gasteiger partial charge is 0.196 e. The van der Waals surface area contributed by atoms with Crippen molar-refractivity contribution in [3.8, 4) is 5.75 Å². The quantitative estimate of drug-likeness (QED) is 0.756. The molecular weight excluding hydrogens is 216 g/mol.